The molecule has 3 rings (SSSR count). The first kappa shape index (κ1) is 17.1. The predicted octanol–water partition coefficient (Wildman–Crippen LogP) is 4.57. The Kier molecular flexibility index (Phi) is 5.64. The van der Waals surface area contributed by atoms with Gasteiger partial charge >= 0.3 is 0 Å². The molecule has 1 aliphatic heterocycles. The van der Waals surface area contributed by atoms with E-state index in [1.54, 1.807) is 18.2 Å². The lowest BCUT2D eigenvalue weighted by molar-refractivity contribution is 0.0954. The fourth-order valence-electron chi connectivity index (χ4n) is 2.94. The van der Waals surface area contributed by atoms with E-state index >= 15 is 0 Å². The Morgan fingerprint density at radius 3 is 2.42 bits per heavy atom. The molecule has 1 saturated heterocycles. The van der Waals surface area contributed by atoms with Crippen LogP contribution in [0.3, 0.4) is 0 Å². The van der Waals surface area contributed by atoms with Crippen molar-refractivity contribution in [2.75, 3.05) is 24.5 Å². The van der Waals surface area contributed by atoms with Crippen LogP contribution in [-0.2, 0) is 6.42 Å². The van der Waals surface area contributed by atoms with E-state index in [0.717, 1.165) is 19.5 Å². The Morgan fingerprint density at radius 1 is 1.04 bits per heavy atom. The molecule has 0 atom stereocenters. The Bertz CT molecular complexity index is 710. The molecule has 1 aliphatic rings. The van der Waals surface area contributed by atoms with Crippen molar-refractivity contribution in [2.45, 2.75) is 19.3 Å². The van der Waals surface area contributed by atoms with Gasteiger partial charge in [0.1, 0.15) is 0 Å². The van der Waals surface area contributed by atoms with E-state index in [-0.39, 0.29) is 5.91 Å². The number of carbonyl (C=O) groups excluding carboxylic acids is 1. The van der Waals surface area contributed by atoms with E-state index in [2.05, 4.69) is 34.5 Å². The number of nitrogens with zero attached hydrogens (tertiary/aromatic N) is 1. The van der Waals surface area contributed by atoms with Crippen LogP contribution >= 0.6 is 23.2 Å². The van der Waals surface area contributed by atoms with Crippen LogP contribution in [-0.4, -0.2) is 25.5 Å². The van der Waals surface area contributed by atoms with E-state index in [1.165, 1.54) is 24.1 Å². The van der Waals surface area contributed by atoms with E-state index in [4.69, 9.17) is 23.2 Å². The molecular weight excluding hydrogens is 343 g/mol. The number of benzene rings is 2. The van der Waals surface area contributed by atoms with Crippen LogP contribution in [0.2, 0.25) is 10.0 Å². The summed E-state index contributed by atoms with van der Waals surface area (Å²) in [7, 11) is 0. The van der Waals surface area contributed by atoms with Crippen molar-refractivity contribution >= 4 is 34.8 Å². The van der Waals surface area contributed by atoms with Crippen molar-refractivity contribution in [3.05, 3.63) is 63.6 Å². The highest BCUT2D eigenvalue weighted by Gasteiger charge is 2.12. The molecule has 1 heterocycles. The zero-order valence-corrected chi connectivity index (χ0v) is 14.9. The number of hydrogen-bond donors (Lipinski definition) is 1. The first-order valence-electron chi connectivity index (χ1n) is 8.20. The van der Waals surface area contributed by atoms with E-state index in [1.807, 2.05) is 0 Å². The quantitative estimate of drug-likeness (QED) is 0.844. The number of anilines is 1. The number of hydrogen-bond acceptors (Lipinski definition) is 2. The monoisotopic (exact) mass is 362 g/mol. The molecule has 0 saturated carbocycles. The Labute approximate surface area is 152 Å². The summed E-state index contributed by atoms with van der Waals surface area (Å²) in [6, 6.07) is 13.5. The molecular formula is C19H20Cl2N2O. The van der Waals surface area contributed by atoms with Gasteiger partial charge in [-0.3, -0.25) is 4.79 Å². The molecule has 2 aromatic rings. The summed E-state index contributed by atoms with van der Waals surface area (Å²) in [5.41, 5.74) is 2.94. The fourth-order valence-corrected chi connectivity index (χ4v) is 3.43. The summed E-state index contributed by atoms with van der Waals surface area (Å²) in [5, 5.41) is 3.79. The van der Waals surface area contributed by atoms with Gasteiger partial charge < -0.3 is 10.2 Å². The average Bonchev–Trinajstić information content (AvgIpc) is 3.10. The molecule has 0 aliphatic carbocycles. The molecule has 0 aromatic heterocycles. The average molecular weight is 363 g/mol. The summed E-state index contributed by atoms with van der Waals surface area (Å²) in [6.07, 6.45) is 3.35. The van der Waals surface area contributed by atoms with Crippen molar-refractivity contribution in [3.8, 4) is 0 Å². The summed E-state index contributed by atoms with van der Waals surface area (Å²) in [6.45, 7) is 2.87. The molecule has 0 bridgehead atoms. The maximum Gasteiger partial charge on any atom is 0.252 e. The van der Waals surface area contributed by atoms with E-state index in [9.17, 15) is 4.79 Å². The first-order chi connectivity index (χ1) is 11.6. The third-order valence-corrected chi connectivity index (χ3v) is 4.83. The van der Waals surface area contributed by atoms with Gasteiger partial charge in [0.2, 0.25) is 0 Å². The van der Waals surface area contributed by atoms with Crippen molar-refractivity contribution in [3.63, 3.8) is 0 Å². The summed E-state index contributed by atoms with van der Waals surface area (Å²) in [4.78, 5) is 14.6. The minimum absolute atomic E-state index is 0.176. The van der Waals surface area contributed by atoms with Crippen LogP contribution in [0.1, 0.15) is 28.8 Å². The molecule has 1 amide bonds. The highest BCUT2D eigenvalue weighted by molar-refractivity contribution is 6.36. The topological polar surface area (TPSA) is 32.3 Å². The highest BCUT2D eigenvalue weighted by Crippen LogP contribution is 2.21. The minimum Gasteiger partial charge on any atom is -0.372 e. The van der Waals surface area contributed by atoms with Gasteiger partial charge in [0.05, 0.1) is 10.6 Å². The molecule has 0 spiro atoms. The molecule has 1 fully saturated rings. The Balaban J connectivity index is 1.51. The molecule has 24 heavy (non-hydrogen) atoms. The molecule has 0 unspecified atom stereocenters. The molecule has 0 radical (unpaired) electrons. The molecule has 3 nitrogen and oxygen atoms in total. The lowest BCUT2D eigenvalue weighted by Crippen LogP contribution is -2.26. The van der Waals surface area contributed by atoms with Gasteiger partial charge in [-0.2, -0.15) is 0 Å². The van der Waals surface area contributed by atoms with Gasteiger partial charge in [0.15, 0.2) is 0 Å². The maximum absolute atomic E-state index is 12.1. The molecule has 1 N–H and O–H groups in total. The second-order valence-corrected chi connectivity index (χ2v) is 6.83. The largest absolute Gasteiger partial charge is 0.372 e. The van der Waals surface area contributed by atoms with Crippen LogP contribution in [0, 0.1) is 0 Å². The van der Waals surface area contributed by atoms with E-state index < -0.39 is 0 Å². The normalized spacial score (nSPS) is 14.0. The lowest BCUT2D eigenvalue weighted by Gasteiger charge is -2.17. The van der Waals surface area contributed by atoms with Gasteiger partial charge in [-0.25, -0.2) is 0 Å². The molecule has 5 heteroatoms. The SMILES string of the molecule is O=C(NCCc1ccc(N2CCCC2)cc1)c1ccc(Cl)cc1Cl. The Hall–Kier alpha value is -1.71. The van der Waals surface area contributed by atoms with Gasteiger partial charge in [-0.05, 0) is 55.2 Å². The van der Waals surface area contributed by atoms with Crippen LogP contribution < -0.4 is 10.2 Å². The second kappa shape index (κ2) is 7.91. The van der Waals surface area contributed by atoms with Crippen LogP contribution in [0.25, 0.3) is 0 Å². The van der Waals surface area contributed by atoms with Crippen molar-refractivity contribution in [1.29, 1.82) is 0 Å². The number of halogens is 2. The zero-order chi connectivity index (χ0) is 16.9. The van der Waals surface area contributed by atoms with E-state index in [0.29, 0.717) is 22.2 Å². The third-order valence-electron chi connectivity index (χ3n) is 4.28. The number of nitrogens with one attached hydrogen (secondary N) is 1. The van der Waals surface area contributed by atoms with Crippen LogP contribution in [0.15, 0.2) is 42.5 Å². The predicted molar refractivity (Wildman–Crippen MR) is 100 cm³/mol. The summed E-state index contributed by atoms with van der Waals surface area (Å²) >= 11 is 11.9. The van der Waals surface area contributed by atoms with Gasteiger partial charge in [-0.15, -0.1) is 0 Å². The summed E-state index contributed by atoms with van der Waals surface area (Å²) < 4.78 is 0. The summed E-state index contributed by atoms with van der Waals surface area (Å²) in [5.74, 6) is -0.176. The van der Waals surface area contributed by atoms with Crippen LogP contribution in [0.5, 0.6) is 0 Å². The zero-order valence-electron chi connectivity index (χ0n) is 13.4. The van der Waals surface area contributed by atoms with Gasteiger partial charge in [-0.1, -0.05) is 35.3 Å². The smallest absolute Gasteiger partial charge is 0.252 e. The lowest BCUT2D eigenvalue weighted by atomic mass is 10.1. The highest BCUT2D eigenvalue weighted by atomic mass is 35.5. The van der Waals surface area contributed by atoms with Crippen molar-refractivity contribution in [2.24, 2.45) is 0 Å². The Morgan fingerprint density at radius 2 is 1.75 bits per heavy atom. The first-order valence-corrected chi connectivity index (χ1v) is 8.96. The number of rotatable bonds is 5. The standard InChI is InChI=1S/C19H20Cl2N2O/c20-15-5-8-17(18(21)13-15)19(24)22-10-9-14-3-6-16(7-4-14)23-11-1-2-12-23/h3-8,13H,1-2,9-12H2,(H,22,24). The van der Waals surface area contributed by atoms with Crippen molar-refractivity contribution in [1.82, 2.24) is 5.32 Å². The van der Waals surface area contributed by atoms with Crippen molar-refractivity contribution < 1.29 is 4.79 Å². The third kappa shape index (κ3) is 4.22. The second-order valence-electron chi connectivity index (χ2n) is 5.99. The molecule has 126 valence electrons. The van der Waals surface area contributed by atoms with Gasteiger partial charge in [0, 0.05) is 30.3 Å². The molecule has 2 aromatic carbocycles. The minimum atomic E-state index is -0.176. The number of carbonyl (C=O) groups is 1. The fraction of sp³-hybridized carbons (Fsp3) is 0.316. The van der Waals surface area contributed by atoms with Crippen LogP contribution in [0.4, 0.5) is 5.69 Å². The maximum atomic E-state index is 12.1. The number of amides is 1. The van der Waals surface area contributed by atoms with Gasteiger partial charge in [0.25, 0.3) is 5.91 Å².